The number of hydrogen-bond donors (Lipinski definition) is 1. The van der Waals surface area contributed by atoms with E-state index in [1.165, 1.54) is 6.92 Å². The monoisotopic (exact) mass is 141 g/mol. The maximum atomic E-state index is 10.6. The molecule has 0 atom stereocenters. The highest BCUT2D eigenvalue weighted by molar-refractivity contribution is 5.98. The first-order chi connectivity index (χ1) is 4.57. The van der Waals surface area contributed by atoms with Gasteiger partial charge in [-0.15, -0.1) is 0 Å². The summed E-state index contributed by atoms with van der Waals surface area (Å²) in [6.45, 7) is 3.12. The lowest BCUT2D eigenvalue weighted by Gasteiger charge is -1.96. The van der Waals surface area contributed by atoms with E-state index in [1.807, 2.05) is 0 Å². The number of hydrogen-bond acceptors (Lipinski definition) is 2. The summed E-state index contributed by atoms with van der Waals surface area (Å²) in [5.41, 5.74) is 5.35. The number of carbonyl (C=O) groups excluding carboxylic acids is 2. The molecule has 0 saturated carbocycles. The zero-order chi connectivity index (χ0) is 8.15. The van der Waals surface area contributed by atoms with E-state index in [0.717, 1.165) is 0 Å². The Morgan fingerprint density at radius 1 is 1.50 bits per heavy atom. The highest BCUT2D eigenvalue weighted by Gasteiger charge is 2.04. The molecule has 0 aromatic rings. The van der Waals surface area contributed by atoms with E-state index in [2.05, 4.69) is 0 Å². The SMILES string of the molecule is C/C=C(/CC(N)=O)C(C)=O. The van der Waals surface area contributed by atoms with Gasteiger partial charge in [0.05, 0.1) is 6.42 Å². The van der Waals surface area contributed by atoms with Crippen LogP contribution in [-0.2, 0) is 9.59 Å². The Kier molecular flexibility index (Phi) is 3.39. The van der Waals surface area contributed by atoms with Gasteiger partial charge in [0, 0.05) is 0 Å². The number of nitrogens with two attached hydrogens (primary N) is 1. The normalized spacial score (nSPS) is 11.2. The van der Waals surface area contributed by atoms with Crippen molar-refractivity contribution in [3.05, 3.63) is 11.6 Å². The summed E-state index contributed by atoms with van der Waals surface area (Å²) in [4.78, 5) is 20.9. The van der Waals surface area contributed by atoms with Crippen LogP contribution >= 0.6 is 0 Å². The van der Waals surface area contributed by atoms with Crippen molar-refractivity contribution in [2.45, 2.75) is 20.3 Å². The molecule has 0 spiro atoms. The van der Waals surface area contributed by atoms with Gasteiger partial charge in [0.15, 0.2) is 5.78 Å². The summed E-state index contributed by atoms with van der Waals surface area (Å²) in [5, 5.41) is 0. The number of amides is 1. The Labute approximate surface area is 59.9 Å². The number of ketones is 1. The maximum Gasteiger partial charge on any atom is 0.221 e. The summed E-state index contributed by atoms with van der Waals surface area (Å²) in [6, 6.07) is 0. The van der Waals surface area contributed by atoms with E-state index in [0.29, 0.717) is 5.57 Å². The molecular weight excluding hydrogens is 130 g/mol. The molecule has 0 fully saturated rings. The Morgan fingerprint density at radius 2 is 2.00 bits per heavy atom. The van der Waals surface area contributed by atoms with Crippen LogP contribution in [0, 0.1) is 0 Å². The molecule has 0 saturated heterocycles. The van der Waals surface area contributed by atoms with Gasteiger partial charge in [0.1, 0.15) is 0 Å². The first-order valence-corrected chi connectivity index (χ1v) is 3.02. The van der Waals surface area contributed by atoms with Crippen molar-refractivity contribution in [2.75, 3.05) is 0 Å². The average molecular weight is 141 g/mol. The van der Waals surface area contributed by atoms with Gasteiger partial charge in [-0.3, -0.25) is 9.59 Å². The van der Waals surface area contributed by atoms with Gasteiger partial charge < -0.3 is 5.73 Å². The van der Waals surface area contributed by atoms with Crippen molar-refractivity contribution in [2.24, 2.45) is 5.73 Å². The fraction of sp³-hybridized carbons (Fsp3) is 0.429. The van der Waals surface area contributed by atoms with Crippen LogP contribution in [0.2, 0.25) is 0 Å². The Morgan fingerprint density at radius 3 is 2.10 bits per heavy atom. The molecule has 0 rings (SSSR count). The number of rotatable bonds is 3. The fourth-order valence-electron chi connectivity index (χ4n) is 0.618. The van der Waals surface area contributed by atoms with Gasteiger partial charge >= 0.3 is 0 Å². The Balaban J connectivity index is 4.12. The van der Waals surface area contributed by atoms with Gasteiger partial charge in [-0.1, -0.05) is 6.08 Å². The molecule has 2 N–H and O–H groups in total. The molecule has 0 aliphatic heterocycles. The molecule has 0 aliphatic rings. The van der Waals surface area contributed by atoms with Gasteiger partial charge in [-0.05, 0) is 19.4 Å². The molecular formula is C7H11NO2. The summed E-state index contributed by atoms with van der Waals surface area (Å²) in [5.74, 6) is -0.565. The molecule has 3 nitrogen and oxygen atoms in total. The first kappa shape index (κ1) is 8.88. The summed E-state index contributed by atoms with van der Waals surface area (Å²) < 4.78 is 0. The van der Waals surface area contributed by atoms with Gasteiger partial charge in [0.25, 0.3) is 0 Å². The van der Waals surface area contributed by atoms with Crippen molar-refractivity contribution >= 4 is 11.7 Å². The highest BCUT2D eigenvalue weighted by atomic mass is 16.1. The molecule has 0 aromatic carbocycles. The van der Waals surface area contributed by atoms with Crippen LogP contribution in [0.3, 0.4) is 0 Å². The lowest BCUT2D eigenvalue weighted by Crippen LogP contribution is -2.13. The Bertz CT molecular complexity index is 182. The largest absolute Gasteiger partial charge is 0.369 e. The number of primary amides is 1. The van der Waals surface area contributed by atoms with Crippen LogP contribution in [-0.4, -0.2) is 11.7 Å². The molecule has 0 aliphatic carbocycles. The molecule has 3 heteroatoms. The molecule has 0 radical (unpaired) electrons. The second kappa shape index (κ2) is 3.82. The third-order valence-corrected chi connectivity index (χ3v) is 1.17. The van der Waals surface area contributed by atoms with Crippen molar-refractivity contribution in [3.8, 4) is 0 Å². The van der Waals surface area contributed by atoms with Gasteiger partial charge in [-0.25, -0.2) is 0 Å². The molecule has 10 heavy (non-hydrogen) atoms. The molecule has 0 aromatic heterocycles. The molecule has 0 bridgehead atoms. The zero-order valence-corrected chi connectivity index (χ0v) is 6.18. The van der Waals surface area contributed by atoms with E-state index >= 15 is 0 Å². The van der Waals surface area contributed by atoms with Crippen LogP contribution in [0.5, 0.6) is 0 Å². The van der Waals surface area contributed by atoms with Crippen molar-refractivity contribution in [3.63, 3.8) is 0 Å². The highest BCUT2D eigenvalue weighted by Crippen LogP contribution is 2.00. The van der Waals surface area contributed by atoms with Gasteiger partial charge in [0.2, 0.25) is 5.91 Å². The smallest absolute Gasteiger partial charge is 0.221 e. The minimum Gasteiger partial charge on any atom is -0.369 e. The predicted octanol–water partition coefficient (Wildman–Crippen LogP) is 0.397. The summed E-state index contributed by atoms with van der Waals surface area (Å²) in [6.07, 6.45) is 1.65. The minimum absolute atomic E-state index is 0.0475. The lowest BCUT2D eigenvalue weighted by molar-refractivity contribution is -0.119. The third kappa shape index (κ3) is 3.02. The molecule has 0 unspecified atom stereocenters. The third-order valence-electron chi connectivity index (χ3n) is 1.17. The van der Waals surface area contributed by atoms with Crippen molar-refractivity contribution in [1.82, 2.24) is 0 Å². The second-order valence-corrected chi connectivity index (χ2v) is 2.01. The maximum absolute atomic E-state index is 10.6. The van der Waals surface area contributed by atoms with E-state index in [4.69, 9.17) is 5.73 Å². The summed E-state index contributed by atoms with van der Waals surface area (Å²) >= 11 is 0. The average Bonchev–Trinajstić information content (AvgIpc) is 1.81. The standard InChI is InChI=1S/C7H11NO2/c1-3-6(5(2)9)4-7(8)10/h3H,4H2,1-2H3,(H2,8,10)/b6-3-. The summed E-state index contributed by atoms with van der Waals surface area (Å²) in [7, 11) is 0. The molecule has 56 valence electrons. The van der Waals surface area contributed by atoms with E-state index < -0.39 is 5.91 Å². The van der Waals surface area contributed by atoms with E-state index in [9.17, 15) is 9.59 Å². The molecule has 1 amide bonds. The number of allylic oxidation sites excluding steroid dienone is 1. The van der Waals surface area contributed by atoms with E-state index in [-0.39, 0.29) is 12.2 Å². The number of Topliss-reactive ketones (excluding diaryl/α,β-unsaturated/α-hetero) is 1. The van der Waals surface area contributed by atoms with Crippen molar-refractivity contribution < 1.29 is 9.59 Å². The topological polar surface area (TPSA) is 60.2 Å². The fourth-order valence-corrected chi connectivity index (χ4v) is 0.618. The Hall–Kier alpha value is -1.12. The van der Waals surface area contributed by atoms with Crippen LogP contribution < -0.4 is 5.73 Å². The molecule has 0 heterocycles. The second-order valence-electron chi connectivity index (χ2n) is 2.01. The quantitative estimate of drug-likeness (QED) is 0.578. The van der Waals surface area contributed by atoms with Crippen LogP contribution in [0.4, 0.5) is 0 Å². The van der Waals surface area contributed by atoms with Crippen LogP contribution in [0.1, 0.15) is 20.3 Å². The van der Waals surface area contributed by atoms with Crippen molar-refractivity contribution in [1.29, 1.82) is 0 Å². The van der Waals surface area contributed by atoms with E-state index in [1.54, 1.807) is 13.0 Å². The lowest BCUT2D eigenvalue weighted by atomic mass is 10.1. The number of carbonyl (C=O) groups is 2. The van der Waals surface area contributed by atoms with Gasteiger partial charge in [-0.2, -0.15) is 0 Å². The predicted molar refractivity (Wildman–Crippen MR) is 38.2 cm³/mol. The van der Waals surface area contributed by atoms with Crippen LogP contribution in [0.15, 0.2) is 11.6 Å². The minimum atomic E-state index is -0.469. The first-order valence-electron chi connectivity index (χ1n) is 3.02. The van der Waals surface area contributed by atoms with Crippen LogP contribution in [0.25, 0.3) is 0 Å². The zero-order valence-electron chi connectivity index (χ0n) is 6.18.